The van der Waals surface area contributed by atoms with Crippen LogP contribution in [0.3, 0.4) is 0 Å². The molecule has 0 rings (SSSR count). The van der Waals surface area contributed by atoms with E-state index in [2.05, 4.69) is 6.58 Å². The summed E-state index contributed by atoms with van der Waals surface area (Å²) in [5.74, 6) is 0. The summed E-state index contributed by atoms with van der Waals surface area (Å²) in [6, 6.07) is 0. The fourth-order valence-corrected chi connectivity index (χ4v) is 0.653. The molecule has 46 valence electrons. The molecule has 0 spiro atoms. The fraction of sp³-hybridized carbons (Fsp3) is 0.333. The van der Waals surface area contributed by atoms with Crippen LogP contribution in [0, 0.1) is 0 Å². The first kappa shape index (κ1) is 7.79. The Morgan fingerprint density at radius 3 is 2.50 bits per heavy atom. The summed E-state index contributed by atoms with van der Waals surface area (Å²) in [6.07, 6.45) is 3.70. The Hall–Kier alpha value is -0.210. The van der Waals surface area contributed by atoms with E-state index >= 15 is 0 Å². The Balaban J connectivity index is 3.54. The van der Waals surface area contributed by atoms with Crippen molar-refractivity contribution in [3.8, 4) is 0 Å². The lowest BCUT2D eigenvalue weighted by molar-refractivity contribution is 0.493. The highest BCUT2D eigenvalue weighted by molar-refractivity contribution is 7.98. The lowest BCUT2D eigenvalue weighted by Crippen LogP contribution is -1.68. The number of allylic oxidation sites excluding steroid dienone is 2. The normalized spacial score (nSPS) is 11.5. The van der Waals surface area contributed by atoms with Gasteiger partial charge in [0.15, 0.2) is 0 Å². The van der Waals surface area contributed by atoms with Gasteiger partial charge in [0, 0.05) is 16.9 Å². The fourth-order valence-electron chi connectivity index (χ4n) is 0.296. The summed E-state index contributed by atoms with van der Waals surface area (Å²) in [6.45, 7) is 5.53. The zero-order chi connectivity index (χ0) is 6.41. The van der Waals surface area contributed by atoms with Crippen molar-refractivity contribution < 1.29 is 4.18 Å². The van der Waals surface area contributed by atoms with Crippen molar-refractivity contribution in [3.05, 3.63) is 23.6 Å². The molecular formula is C6H10OS. The molecule has 0 heterocycles. The summed E-state index contributed by atoms with van der Waals surface area (Å²) in [7, 11) is 1.64. The first-order valence-electron chi connectivity index (χ1n) is 2.34. The van der Waals surface area contributed by atoms with Gasteiger partial charge in [-0.2, -0.15) is 0 Å². The second-order valence-electron chi connectivity index (χ2n) is 1.15. The van der Waals surface area contributed by atoms with Gasteiger partial charge in [0.1, 0.15) is 0 Å². The highest BCUT2D eigenvalue weighted by atomic mass is 32.2. The zero-order valence-electron chi connectivity index (χ0n) is 5.18. The summed E-state index contributed by atoms with van der Waals surface area (Å²) in [4.78, 5) is 1.05. The summed E-state index contributed by atoms with van der Waals surface area (Å²) >= 11 is 1.32. The van der Waals surface area contributed by atoms with E-state index in [0.29, 0.717) is 0 Å². The molecule has 0 unspecified atom stereocenters. The quantitative estimate of drug-likeness (QED) is 0.428. The molecule has 0 amide bonds. The van der Waals surface area contributed by atoms with E-state index in [4.69, 9.17) is 4.18 Å². The molecule has 0 aromatic rings. The summed E-state index contributed by atoms with van der Waals surface area (Å²) < 4.78 is 4.76. The second kappa shape index (κ2) is 4.94. The average molecular weight is 130 g/mol. The van der Waals surface area contributed by atoms with E-state index in [-0.39, 0.29) is 0 Å². The second-order valence-corrected chi connectivity index (χ2v) is 2.12. The van der Waals surface area contributed by atoms with Crippen LogP contribution >= 0.6 is 12.0 Å². The number of hydrogen-bond acceptors (Lipinski definition) is 2. The monoisotopic (exact) mass is 130 g/mol. The summed E-state index contributed by atoms with van der Waals surface area (Å²) in [5.41, 5.74) is 0. The van der Waals surface area contributed by atoms with Crippen LogP contribution in [-0.2, 0) is 4.18 Å². The lowest BCUT2D eigenvalue weighted by atomic mass is 10.5. The predicted octanol–water partition coefficient (Wildman–Crippen LogP) is 2.37. The van der Waals surface area contributed by atoms with E-state index in [9.17, 15) is 0 Å². The van der Waals surface area contributed by atoms with Crippen LogP contribution < -0.4 is 0 Å². The maximum Gasteiger partial charge on any atom is 0.0508 e. The molecule has 0 aromatic carbocycles. The van der Waals surface area contributed by atoms with E-state index in [1.807, 2.05) is 13.0 Å². The van der Waals surface area contributed by atoms with Crippen LogP contribution in [-0.4, -0.2) is 7.11 Å². The highest BCUT2D eigenvalue weighted by Gasteiger charge is 1.85. The molecule has 0 atom stereocenters. The molecule has 0 aliphatic carbocycles. The van der Waals surface area contributed by atoms with Gasteiger partial charge in [0.05, 0.1) is 7.11 Å². The lowest BCUT2D eigenvalue weighted by Gasteiger charge is -1.93. The predicted molar refractivity (Wildman–Crippen MR) is 38.6 cm³/mol. The first-order chi connectivity index (χ1) is 3.85. The Bertz CT molecular complexity index is 96.7. The van der Waals surface area contributed by atoms with Crippen LogP contribution in [0.25, 0.3) is 0 Å². The molecule has 0 aliphatic heterocycles. The van der Waals surface area contributed by atoms with Crippen LogP contribution in [0.15, 0.2) is 23.6 Å². The Labute approximate surface area is 54.6 Å². The zero-order valence-corrected chi connectivity index (χ0v) is 5.99. The molecule has 1 nitrogen and oxygen atoms in total. The van der Waals surface area contributed by atoms with Crippen molar-refractivity contribution in [2.45, 2.75) is 6.92 Å². The molecule has 8 heavy (non-hydrogen) atoms. The molecule has 2 heteroatoms. The molecule has 0 N–H and O–H groups in total. The smallest absolute Gasteiger partial charge is 0.0508 e. The van der Waals surface area contributed by atoms with Crippen molar-refractivity contribution in [1.29, 1.82) is 0 Å². The summed E-state index contributed by atoms with van der Waals surface area (Å²) in [5, 5.41) is 0. The van der Waals surface area contributed by atoms with Crippen molar-refractivity contribution in [2.75, 3.05) is 7.11 Å². The van der Waals surface area contributed by atoms with Crippen LogP contribution in [0.4, 0.5) is 0 Å². The Morgan fingerprint density at radius 1 is 1.75 bits per heavy atom. The van der Waals surface area contributed by atoms with Gasteiger partial charge in [-0.1, -0.05) is 18.7 Å². The van der Waals surface area contributed by atoms with Gasteiger partial charge in [-0.05, 0) is 6.92 Å². The molecule has 0 fully saturated rings. The van der Waals surface area contributed by atoms with Crippen LogP contribution in [0.1, 0.15) is 6.92 Å². The maximum absolute atomic E-state index is 4.76. The van der Waals surface area contributed by atoms with Gasteiger partial charge in [0.2, 0.25) is 0 Å². The van der Waals surface area contributed by atoms with Gasteiger partial charge in [-0.15, -0.1) is 0 Å². The molecule has 0 aliphatic rings. The third-order valence-corrected chi connectivity index (χ3v) is 1.43. The van der Waals surface area contributed by atoms with E-state index in [1.165, 1.54) is 12.0 Å². The first-order valence-corrected chi connectivity index (χ1v) is 3.08. The maximum atomic E-state index is 4.76. The topological polar surface area (TPSA) is 9.23 Å². The number of hydrogen-bond donors (Lipinski definition) is 0. The standard InChI is InChI=1S/C6H10OS/c1-4-6(5-2)8-7-3/h4-5H,1H2,2-3H3/b6-5+. The Kier molecular flexibility index (Phi) is 4.81. The third-order valence-electron chi connectivity index (χ3n) is 0.665. The van der Waals surface area contributed by atoms with Gasteiger partial charge in [0.25, 0.3) is 0 Å². The SMILES string of the molecule is C=C/C(=C\C)SOC. The van der Waals surface area contributed by atoms with Crippen LogP contribution in [0.2, 0.25) is 0 Å². The van der Waals surface area contributed by atoms with Gasteiger partial charge >= 0.3 is 0 Å². The van der Waals surface area contributed by atoms with Gasteiger partial charge in [-0.3, -0.25) is 0 Å². The molecule has 0 saturated carbocycles. The Morgan fingerprint density at radius 2 is 2.38 bits per heavy atom. The van der Waals surface area contributed by atoms with E-state index in [1.54, 1.807) is 13.2 Å². The van der Waals surface area contributed by atoms with Gasteiger partial charge in [-0.25, -0.2) is 0 Å². The highest BCUT2D eigenvalue weighted by Crippen LogP contribution is 2.14. The minimum absolute atomic E-state index is 1.05. The van der Waals surface area contributed by atoms with Crippen molar-refractivity contribution in [2.24, 2.45) is 0 Å². The molecule has 0 saturated heterocycles. The molecule has 0 aromatic heterocycles. The largest absolute Gasteiger partial charge is 0.314 e. The van der Waals surface area contributed by atoms with Crippen LogP contribution in [0.5, 0.6) is 0 Å². The average Bonchev–Trinajstić information content (AvgIpc) is 1.83. The van der Waals surface area contributed by atoms with E-state index < -0.39 is 0 Å². The van der Waals surface area contributed by atoms with Gasteiger partial charge < -0.3 is 4.18 Å². The minimum Gasteiger partial charge on any atom is -0.314 e. The molecular weight excluding hydrogens is 120 g/mol. The minimum atomic E-state index is 1.05. The van der Waals surface area contributed by atoms with Crippen molar-refractivity contribution in [1.82, 2.24) is 0 Å². The van der Waals surface area contributed by atoms with E-state index in [0.717, 1.165) is 4.91 Å². The van der Waals surface area contributed by atoms with Crippen molar-refractivity contribution >= 4 is 12.0 Å². The van der Waals surface area contributed by atoms with Crippen molar-refractivity contribution in [3.63, 3.8) is 0 Å². The molecule has 0 radical (unpaired) electrons. The third kappa shape index (κ3) is 2.88. The molecule has 0 bridgehead atoms. The number of rotatable bonds is 3.